The molecule has 1 aliphatic rings. The SMILES string of the molecule is CCCC1C[C@@](C)(CCC)CN1S(=O)(=O)c1[nH]nc2ncccc12. The molecule has 1 saturated heterocycles. The number of nitrogens with zero attached hydrogens (tertiary/aromatic N) is 3. The number of sulfonamides is 1. The Balaban J connectivity index is 2.01. The Morgan fingerprint density at radius 2 is 2.17 bits per heavy atom. The zero-order valence-electron chi connectivity index (χ0n) is 14.6. The molecule has 2 aromatic heterocycles. The van der Waals surface area contributed by atoms with E-state index >= 15 is 0 Å². The van der Waals surface area contributed by atoms with E-state index in [9.17, 15) is 8.42 Å². The fourth-order valence-corrected chi connectivity index (χ4v) is 5.91. The number of nitrogens with one attached hydrogen (secondary N) is 1. The number of H-pyrrole nitrogens is 1. The van der Waals surface area contributed by atoms with E-state index in [-0.39, 0.29) is 16.5 Å². The zero-order valence-corrected chi connectivity index (χ0v) is 15.4. The van der Waals surface area contributed by atoms with E-state index in [0.717, 1.165) is 32.1 Å². The Hall–Kier alpha value is -1.47. The predicted molar refractivity (Wildman–Crippen MR) is 94.1 cm³/mol. The van der Waals surface area contributed by atoms with Crippen molar-refractivity contribution < 1.29 is 8.42 Å². The van der Waals surface area contributed by atoms with Crippen LogP contribution < -0.4 is 0 Å². The maximum absolute atomic E-state index is 13.3. The summed E-state index contributed by atoms with van der Waals surface area (Å²) in [6.07, 6.45) is 6.53. The first kappa shape index (κ1) is 17.4. The van der Waals surface area contributed by atoms with E-state index in [2.05, 4.69) is 36.0 Å². The highest BCUT2D eigenvalue weighted by molar-refractivity contribution is 7.89. The molecule has 7 heteroatoms. The van der Waals surface area contributed by atoms with Gasteiger partial charge in [-0.3, -0.25) is 5.10 Å². The summed E-state index contributed by atoms with van der Waals surface area (Å²) >= 11 is 0. The maximum Gasteiger partial charge on any atom is 0.260 e. The molecular formula is C17H26N4O2S. The third-order valence-corrected chi connectivity index (χ3v) is 6.88. The Bertz CT molecular complexity index is 817. The van der Waals surface area contributed by atoms with Gasteiger partial charge in [-0.05, 0) is 36.8 Å². The lowest BCUT2D eigenvalue weighted by Gasteiger charge is -2.24. The van der Waals surface area contributed by atoms with Crippen LogP contribution in [0.5, 0.6) is 0 Å². The average molecular weight is 350 g/mol. The van der Waals surface area contributed by atoms with Gasteiger partial charge in [-0.15, -0.1) is 0 Å². The van der Waals surface area contributed by atoms with Crippen molar-refractivity contribution in [3.8, 4) is 0 Å². The van der Waals surface area contributed by atoms with Gasteiger partial charge in [-0.1, -0.05) is 33.6 Å². The molecule has 0 radical (unpaired) electrons. The van der Waals surface area contributed by atoms with Gasteiger partial charge in [0.05, 0.1) is 5.39 Å². The molecule has 0 saturated carbocycles. The second-order valence-corrected chi connectivity index (χ2v) is 9.01. The summed E-state index contributed by atoms with van der Waals surface area (Å²) in [5, 5.41) is 7.51. The molecule has 0 aromatic carbocycles. The number of pyridine rings is 1. The monoisotopic (exact) mass is 350 g/mol. The number of aromatic amines is 1. The van der Waals surface area contributed by atoms with E-state index in [4.69, 9.17) is 0 Å². The first-order valence-corrected chi connectivity index (χ1v) is 10.2. The normalized spacial score (nSPS) is 25.5. The molecule has 3 heterocycles. The van der Waals surface area contributed by atoms with Gasteiger partial charge in [0, 0.05) is 18.8 Å². The maximum atomic E-state index is 13.3. The van der Waals surface area contributed by atoms with Crippen LogP contribution in [0.1, 0.15) is 52.9 Å². The molecule has 6 nitrogen and oxygen atoms in total. The van der Waals surface area contributed by atoms with Crippen molar-refractivity contribution >= 4 is 21.1 Å². The minimum Gasteiger partial charge on any atom is -0.263 e. The van der Waals surface area contributed by atoms with Crippen LogP contribution in [0.3, 0.4) is 0 Å². The van der Waals surface area contributed by atoms with Crippen molar-refractivity contribution in [1.82, 2.24) is 19.5 Å². The second-order valence-electron chi connectivity index (χ2n) is 7.18. The van der Waals surface area contributed by atoms with Crippen LogP contribution in [-0.4, -0.2) is 40.5 Å². The van der Waals surface area contributed by atoms with Crippen molar-refractivity contribution in [3.63, 3.8) is 0 Å². The van der Waals surface area contributed by atoms with Crippen molar-refractivity contribution in [2.24, 2.45) is 5.41 Å². The number of rotatable bonds is 6. The fourth-order valence-electron chi connectivity index (χ4n) is 4.03. The molecule has 1 N–H and O–H groups in total. The molecule has 1 fully saturated rings. The summed E-state index contributed by atoms with van der Waals surface area (Å²) in [6, 6.07) is 3.56. The van der Waals surface area contributed by atoms with Gasteiger partial charge in [-0.2, -0.15) is 9.40 Å². The first-order chi connectivity index (χ1) is 11.4. The molecule has 1 aliphatic heterocycles. The lowest BCUT2D eigenvalue weighted by molar-refractivity contribution is 0.309. The molecule has 0 bridgehead atoms. The molecule has 3 rings (SSSR count). The summed E-state index contributed by atoms with van der Waals surface area (Å²) in [7, 11) is -3.61. The minimum absolute atomic E-state index is 0.0513. The largest absolute Gasteiger partial charge is 0.263 e. The van der Waals surface area contributed by atoms with Crippen molar-refractivity contribution in [2.75, 3.05) is 6.54 Å². The van der Waals surface area contributed by atoms with Gasteiger partial charge >= 0.3 is 0 Å². The van der Waals surface area contributed by atoms with Gasteiger partial charge in [0.2, 0.25) is 0 Å². The Kier molecular flexibility index (Phi) is 4.66. The third kappa shape index (κ3) is 2.95. The van der Waals surface area contributed by atoms with Crippen LogP contribution in [0.2, 0.25) is 0 Å². The molecular weight excluding hydrogens is 324 g/mol. The van der Waals surface area contributed by atoms with Gasteiger partial charge in [0.25, 0.3) is 10.0 Å². The third-order valence-electron chi connectivity index (χ3n) is 5.01. The van der Waals surface area contributed by atoms with Crippen LogP contribution >= 0.6 is 0 Å². The van der Waals surface area contributed by atoms with E-state index in [1.54, 1.807) is 22.6 Å². The molecule has 0 spiro atoms. The van der Waals surface area contributed by atoms with E-state index in [1.165, 1.54) is 0 Å². The zero-order chi connectivity index (χ0) is 17.4. The lowest BCUT2D eigenvalue weighted by atomic mass is 9.83. The first-order valence-electron chi connectivity index (χ1n) is 8.72. The number of fused-ring (bicyclic) bond motifs is 1. The van der Waals surface area contributed by atoms with Gasteiger partial charge < -0.3 is 0 Å². The summed E-state index contributed by atoms with van der Waals surface area (Å²) in [5.74, 6) is 0. The van der Waals surface area contributed by atoms with Crippen LogP contribution in [-0.2, 0) is 10.0 Å². The molecule has 0 amide bonds. The molecule has 2 atom stereocenters. The van der Waals surface area contributed by atoms with Crippen LogP contribution in [0, 0.1) is 5.41 Å². The molecule has 1 unspecified atom stereocenters. The highest BCUT2D eigenvalue weighted by Gasteiger charge is 2.46. The molecule has 0 aliphatic carbocycles. The standard InChI is InChI=1S/C17H26N4O2S/c1-4-7-13-11-17(3,9-5-2)12-21(13)24(22,23)16-14-8-6-10-18-15(14)19-20-16/h6,8,10,13H,4-5,7,9,11-12H2,1-3H3,(H,18,19,20)/t13?,17-/m1/s1. The average Bonchev–Trinajstić information content (AvgIpc) is 3.10. The Morgan fingerprint density at radius 1 is 1.38 bits per heavy atom. The van der Waals surface area contributed by atoms with Gasteiger partial charge in [0.1, 0.15) is 0 Å². The van der Waals surface area contributed by atoms with Crippen LogP contribution in [0.4, 0.5) is 0 Å². The molecule has 132 valence electrons. The predicted octanol–water partition coefficient (Wildman–Crippen LogP) is 3.33. The van der Waals surface area contributed by atoms with Gasteiger partial charge in [0.15, 0.2) is 10.7 Å². The van der Waals surface area contributed by atoms with Crippen LogP contribution in [0.25, 0.3) is 11.0 Å². The number of aromatic nitrogens is 3. The highest BCUT2D eigenvalue weighted by atomic mass is 32.2. The van der Waals surface area contributed by atoms with Gasteiger partial charge in [-0.25, -0.2) is 13.4 Å². The Morgan fingerprint density at radius 3 is 2.88 bits per heavy atom. The molecule has 2 aromatic rings. The lowest BCUT2D eigenvalue weighted by Crippen LogP contribution is -2.36. The summed E-state index contributed by atoms with van der Waals surface area (Å²) in [5.41, 5.74) is 0.495. The van der Waals surface area contributed by atoms with E-state index in [1.807, 2.05) is 0 Å². The van der Waals surface area contributed by atoms with Crippen molar-refractivity contribution in [2.45, 2.75) is 63.9 Å². The fraction of sp³-hybridized carbons (Fsp3) is 0.647. The van der Waals surface area contributed by atoms with E-state index < -0.39 is 10.0 Å². The summed E-state index contributed by atoms with van der Waals surface area (Å²) in [6.45, 7) is 7.05. The number of hydrogen-bond donors (Lipinski definition) is 1. The topological polar surface area (TPSA) is 79.0 Å². The summed E-state index contributed by atoms with van der Waals surface area (Å²) in [4.78, 5) is 4.13. The smallest absolute Gasteiger partial charge is 0.260 e. The minimum atomic E-state index is -3.61. The highest BCUT2D eigenvalue weighted by Crippen LogP contribution is 2.42. The quantitative estimate of drug-likeness (QED) is 0.867. The Labute approximate surface area is 143 Å². The van der Waals surface area contributed by atoms with Crippen molar-refractivity contribution in [1.29, 1.82) is 0 Å². The molecule has 24 heavy (non-hydrogen) atoms. The second kappa shape index (κ2) is 6.44. The van der Waals surface area contributed by atoms with E-state index in [0.29, 0.717) is 17.6 Å². The number of hydrogen-bond acceptors (Lipinski definition) is 4. The summed E-state index contributed by atoms with van der Waals surface area (Å²) < 4.78 is 28.3. The van der Waals surface area contributed by atoms with Crippen molar-refractivity contribution in [3.05, 3.63) is 18.3 Å². The van der Waals surface area contributed by atoms with Crippen LogP contribution in [0.15, 0.2) is 23.4 Å².